The molecule has 1 amide bonds. The van der Waals surface area contributed by atoms with E-state index in [9.17, 15) is 17.6 Å². The highest BCUT2D eigenvalue weighted by Gasteiger charge is 2.33. The van der Waals surface area contributed by atoms with E-state index in [4.69, 9.17) is 4.74 Å². The van der Waals surface area contributed by atoms with E-state index in [2.05, 4.69) is 4.18 Å². The van der Waals surface area contributed by atoms with Crippen molar-refractivity contribution in [1.82, 2.24) is 4.90 Å². The van der Waals surface area contributed by atoms with Crippen LogP contribution in [0.25, 0.3) is 0 Å². The van der Waals surface area contributed by atoms with E-state index in [1.54, 1.807) is 0 Å². The Bertz CT molecular complexity index is 662. The van der Waals surface area contributed by atoms with Crippen LogP contribution in [0.4, 0.5) is 9.18 Å². The molecule has 0 radical (unpaired) electrons. The Kier molecular flexibility index (Phi) is 6.17. The predicted octanol–water partition coefficient (Wildman–Crippen LogP) is 2.27. The lowest BCUT2D eigenvalue weighted by atomic mass is 9.96. The molecule has 0 aliphatic carbocycles. The zero-order valence-electron chi connectivity index (χ0n) is 13.8. The molecule has 1 fully saturated rings. The van der Waals surface area contributed by atoms with Gasteiger partial charge in [-0.2, -0.15) is 8.42 Å². The van der Waals surface area contributed by atoms with Crippen LogP contribution in [-0.2, 0) is 25.6 Å². The molecule has 0 N–H and O–H groups in total. The van der Waals surface area contributed by atoms with Crippen molar-refractivity contribution in [3.8, 4) is 0 Å². The fraction of sp³-hybridized carbons (Fsp3) is 0.562. The van der Waals surface area contributed by atoms with Crippen LogP contribution >= 0.6 is 0 Å². The fourth-order valence-corrected chi connectivity index (χ4v) is 2.86. The van der Waals surface area contributed by atoms with Crippen molar-refractivity contribution in [2.75, 3.05) is 26.0 Å². The van der Waals surface area contributed by atoms with Gasteiger partial charge in [0, 0.05) is 12.5 Å². The lowest BCUT2D eigenvalue weighted by molar-refractivity contribution is 0.0391. The van der Waals surface area contributed by atoms with Gasteiger partial charge in [0.05, 0.1) is 19.4 Å². The summed E-state index contributed by atoms with van der Waals surface area (Å²) in [7, 11) is -3.59. The highest BCUT2D eigenvalue weighted by molar-refractivity contribution is 7.85. The number of alkyl halides is 1. The van der Waals surface area contributed by atoms with Gasteiger partial charge >= 0.3 is 6.09 Å². The van der Waals surface area contributed by atoms with Crippen LogP contribution in [0.1, 0.15) is 17.5 Å². The van der Waals surface area contributed by atoms with Crippen LogP contribution in [0, 0.1) is 12.8 Å². The number of carbonyl (C=O) groups excluding carboxylic acids is 1. The molecule has 2 rings (SSSR count). The van der Waals surface area contributed by atoms with E-state index >= 15 is 0 Å². The average Bonchev–Trinajstić information content (AvgIpc) is 2.52. The van der Waals surface area contributed by atoms with Crippen molar-refractivity contribution in [3.63, 3.8) is 0 Å². The summed E-state index contributed by atoms with van der Waals surface area (Å²) in [5.41, 5.74) is 1.98. The second-order valence-corrected chi connectivity index (χ2v) is 7.68. The van der Waals surface area contributed by atoms with Gasteiger partial charge in [0.15, 0.2) is 0 Å². The number of hydrogen-bond donors (Lipinski definition) is 0. The number of carbonyl (C=O) groups is 1. The van der Waals surface area contributed by atoms with Crippen LogP contribution in [-0.4, -0.2) is 51.5 Å². The van der Waals surface area contributed by atoms with Gasteiger partial charge in [-0.15, -0.1) is 0 Å². The Morgan fingerprint density at radius 2 is 2.00 bits per heavy atom. The summed E-state index contributed by atoms with van der Waals surface area (Å²) < 4.78 is 45.9. The Morgan fingerprint density at radius 3 is 2.58 bits per heavy atom. The van der Waals surface area contributed by atoms with E-state index in [-0.39, 0.29) is 19.8 Å². The van der Waals surface area contributed by atoms with Gasteiger partial charge in [-0.1, -0.05) is 29.8 Å². The van der Waals surface area contributed by atoms with E-state index < -0.39 is 28.3 Å². The third-order valence-corrected chi connectivity index (χ3v) is 4.48. The molecule has 1 saturated heterocycles. The van der Waals surface area contributed by atoms with Gasteiger partial charge < -0.3 is 9.64 Å². The van der Waals surface area contributed by atoms with Crippen molar-refractivity contribution >= 4 is 16.2 Å². The third kappa shape index (κ3) is 5.76. The largest absolute Gasteiger partial charge is 0.445 e. The summed E-state index contributed by atoms with van der Waals surface area (Å²) in [6, 6.07) is 7.59. The number of nitrogens with zero attached hydrogens (tertiary/aromatic N) is 1. The first-order chi connectivity index (χ1) is 11.2. The second-order valence-electron chi connectivity index (χ2n) is 6.04. The molecule has 0 aromatic heterocycles. The monoisotopic (exact) mass is 359 g/mol. The molecular weight excluding hydrogens is 337 g/mol. The number of piperidine rings is 1. The van der Waals surface area contributed by atoms with E-state index in [1.807, 2.05) is 31.2 Å². The number of likely N-dealkylation sites (tertiary alicyclic amines) is 1. The van der Waals surface area contributed by atoms with Crippen molar-refractivity contribution in [1.29, 1.82) is 0 Å². The van der Waals surface area contributed by atoms with Crippen molar-refractivity contribution in [3.05, 3.63) is 35.4 Å². The third-order valence-electron chi connectivity index (χ3n) is 3.91. The van der Waals surface area contributed by atoms with Gasteiger partial charge in [0.25, 0.3) is 10.1 Å². The first-order valence-electron chi connectivity index (χ1n) is 7.70. The Labute approximate surface area is 141 Å². The summed E-state index contributed by atoms with van der Waals surface area (Å²) in [5.74, 6) is -0.541. The zero-order chi connectivity index (χ0) is 17.7. The summed E-state index contributed by atoms with van der Waals surface area (Å²) >= 11 is 0. The van der Waals surface area contributed by atoms with E-state index in [0.29, 0.717) is 13.0 Å². The second kappa shape index (κ2) is 7.94. The lowest BCUT2D eigenvalue weighted by Crippen LogP contribution is -2.46. The molecule has 1 aromatic rings. The standard InChI is InChI=1S/C16H22FNO5S/c1-12-3-5-13(6-4-12)10-22-16(19)18-8-7-14(15(17)9-18)11-23-24(2,20)21/h3-6,14-15H,7-11H2,1-2H3. The van der Waals surface area contributed by atoms with Gasteiger partial charge in [-0.05, 0) is 18.9 Å². The molecule has 0 saturated carbocycles. The molecule has 6 nitrogen and oxygen atoms in total. The minimum Gasteiger partial charge on any atom is -0.445 e. The first-order valence-corrected chi connectivity index (χ1v) is 9.52. The van der Waals surface area contributed by atoms with Crippen molar-refractivity contribution in [2.24, 2.45) is 5.92 Å². The van der Waals surface area contributed by atoms with Gasteiger partial charge in [0.1, 0.15) is 12.8 Å². The summed E-state index contributed by atoms with van der Waals surface area (Å²) in [4.78, 5) is 13.3. The van der Waals surface area contributed by atoms with Crippen LogP contribution < -0.4 is 0 Å². The smallest absolute Gasteiger partial charge is 0.410 e. The number of benzene rings is 1. The Morgan fingerprint density at radius 1 is 1.33 bits per heavy atom. The number of hydrogen-bond acceptors (Lipinski definition) is 5. The molecule has 0 bridgehead atoms. The maximum Gasteiger partial charge on any atom is 0.410 e. The number of aryl methyl sites for hydroxylation is 1. The normalized spacial score (nSPS) is 21.5. The molecule has 2 unspecified atom stereocenters. The number of ether oxygens (including phenoxy) is 1. The van der Waals surface area contributed by atoms with Crippen molar-refractivity contribution < 1.29 is 26.5 Å². The topological polar surface area (TPSA) is 72.9 Å². The van der Waals surface area contributed by atoms with Crippen LogP contribution in [0.15, 0.2) is 24.3 Å². The zero-order valence-corrected chi connectivity index (χ0v) is 14.6. The SMILES string of the molecule is Cc1ccc(COC(=O)N2CCC(COS(C)(=O)=O)C(F)C2)cc1. The molecular formula is C16H22FNO5S. The number of halogens is 1. The molecule has 1 aromatic carbocycles. The molecule has 1 heterocycles. The van der Waals surface area contributed by atoms with Crippen molar-refractivity contribution in [2.45, 2.75) is 26.1 Å². The lowest BCUT2D eigenvalue weighted by Gasteiger charge is -2.33. The first kappa shape index (κ1) is 18.7. The fourth-order valence-electron chi connectivity index (χ4n) is 2.44. The summed E-state index contributed by atoms with van der Waals surface area (Å²) in [6.07, 6.45) is -0.651. The maximum atomic E-state index is 14.1. The predicted molar refractivity (Wildman–Crippen MR) is 86.7 cm³/mol. The summed E-state index contributed by atoms with van der Waals surface area (Å²) in [5, 5.41) is 0. The molecule has 134 valence electrons. The van der Waals surface area contributed by atoms with Crippen LogP contribution in [0.2, 0.25) is 0 Å². The summed E-state index contributed by atoms with van der Waals surface area (Å²) in [6.45, 7) is 2.09. The van der Waals surface area contributed by atoms with Gasteiger partial charge in [0.2, 0.25) is 0 Å². The van der Waals surface area contributed by atoms with Gasteiger partial charge in [-0.3, -0.25) is 4.18 Å². The molecule has 1 aliphatic rings. The van der Waals surface area contributed by atoms with E-state index in [1.165, 1.54) is 4.90 Å². The quantitative estimate of drug-likeness (QED) is 0.754. The average molecular weight is 359 g/mol. The van der Waals surface area contributed by atoms with Crippen LogP contribution in [0.5, 0.6) is 0 Å². The maximum absolute atomic E-state index is 14.1. The van der Waals surface area contributed by atoms with E-state index in [0.717, 1.165) is 17.4 Å². The molecule has 8 heteroatoms. The number of amides is 1. The van der Waals surface area contributed by atoms with Crippen LogP contribution in [0.3, 0.4) is 0 Å². The Hall–Kier alpha value is -1.67. The molecule has 24 heavy (non-hydrogen) atoms. The minimum atomic E-state index is -3.59. The Balaban J connectivity index is 1.79. The molecule has 0 spiro atoms. The molecule has 2 atom stereocenters. The highest BCUT2D eigenvalue weighted by atomic mass is 32.2. The number of rotatable bonds is 5. The van der Waals surface area contributed by atoms with Gasteiger partial charge in [-0.25, -0.2) is 9.18 Å². The molecule has 1 aliphatic heterocycles. The minimum absolute atomic E-state index is 0.121. The highest BCUT2D eigenvalue weighted by Crippen LogP contribution is 2.22.